The number of benzene rings is 1. The molecule has 0 atom stereocenters. The number of halogens is 2. The van der Waals surface area contributed by atoms with Gasteiger partial charge in [0.15, 0.2) is 0 Å². The van der Waals surface area contributed by atoms with Gasteiger partial charge in [0.2, 0.25) is 0 Å². The van der Waals surface area contributed by atoms with Crippen LogP contribution in [0.4, 0.5) is 4.39 Å². The third-order valence-corrected chi connectivity index (χ3v) is 3.75. The molecule has 19 heavy (non-hydrogen) atoms. The molecule has 0 aliphatic heterocycles. The molecular formula is C13H9BrFNO2S. The van der Waals surface area contributed by atoms with Crippen LogP contribution >= 0.6 is 27.7 Å². The van der Waals surface area contributed by atoms with Crippen LogP contribution in [0.15, 0.2) is 46.0 Å². The lowest BCUT2D eigenvalue weighted by atomic mass is 10.2. The molecule has 0 unspecified atom stereocenters. The molecule has 2 aromatic rings. The number of aromatic carboxylic acids is 1. The van der Waals surface area contributed by atoms with Crippen LogP contribution in [0.5, 0.6) is 0 Å². The van der Waals surface area contributed by atoms with E-state index >= 15 is 0 Å². The third kappa shape index (κ3) is 4.04. The lowest BCUT2D eigenvalue weighted by molar-refractivity contribution is 0.0696. The van der Waals surface area contributed by atoms with E-state index in [1.807, 2.05) is 6.07 Å². The Morgan fingerprint density at radius 1 is 1.37 bits per heavy atom. The van der Waals surface area contributed by atoms with Crippen LogP contribution in [0.3, 0.4) is 0 Å². The fourth-order valence-corrected chi connectivity index (χ4v) is 2.81. The van der Waals surface area contributed by atoms with Crippen molar-refractivity contribution in [3.8, 4) is 0 Å². The molecule has 6 heteroatoms. The van der Waals surface area contributed by atoms with Gasteiger partial charge in [-0.05, 0) is 35.9 Å². The molecule has 0 amide bonds. The van der Waals surface area contributed by atoms with E-state index in [0.717, 1.165) is 5.56 Å². The zero-order chi connectivity index (χ0) is 13.8. The second-order valence-electron chi connectivity index (χ2n) is 3.75. The van der Waals surface area contributed by atoms with E-state index in [2.05, 4.69) is 20.9 Å². The molecular weight excluding hydrogens is 333 g/mol. The Kier molecular flexibility index (Phi) is 4.55. The molecule has 1 heterocycles. The first-order valence-corrected chi connectivity index (χ1v) is 7.09. The van der Waals surface area contributed by atoms with Gasteiger partial charge in [-0.25, -0.2) is 14.2 Å². The van der Waals surface area contributed by atoms with E-state index in [4.69, 9.17) is 5.11 Å². The summed E-state index contributed by atoms with van der Waals surface area (Å²) in [6.07, 6.45) is 1.45. The molecule has 0 saturated heterocycles. The number of rotatable bonds is 4. The number of hydrogen-bond acceptors (Lipinski definition) is 3. The number of aromatic nitrogens is 1. The summed E-state index contributed by atoms with van der Waals surface area (Å²) in [7, 11) is 0. The summed E-state index contributed by atoms with van der Waals surface area (Å²) in [6, 6.07) is 7.58. The number of pyridine rings is 1. The smallest absolute Gasteiger partial charge is 0.335 e. The number of carbonyl (C=O) groups is 1. The summed E-state index contributed by atoms with van der Waals surface area (Å²) in [4.78, 5) is 14.9. The minimum absolute atomic E-state index is 0.193. The first-order chi connectivity index (χ1) is 9.04. The second-order valence-corrected chi connectivity index (χ2v) is 5.67. The van der Waals surface area contributed by atoms with Crippen molar-refractivity contribution < 1.29 is 14.3 Å². The van der Waals surface area contributed by atoms with Crippen molar-refractivity contribution in [1.82, 2.24) is 4.98 Å². The van der Waals surface area contributed by atoms with Gasteiger partial charge in [0.1, 0.15) is 5.82 Å². The van der Waals surface area contributed by atoms with Crippen LogP contribution in [0.25, 0.3) is 0 Å². The van der Waals surface area contributed by atoms with E-state index < -0.39 is 5.97 Å². The van der Waals surface area contributed by atoms with Crippen LogP contribution in [0.1, 0.15) is 15.9 Å². The van der Waals surface area contributed by atoms with Gasteiger partial charge in [-0.3, -0.25) is 0 Å². The van der Waals surface area contributed by atoms with Crippen LogP contribution in [0.2, 0.25) is 0 Å². The van der Waals surface area contributed by atoms with Crippen molar-refractivity contribution in [1.29, 1.82) is 0 Å². The molecule has 0 aliphatic rings. The molecule has 3 nitrogen and oxygen atoms in total. The predicted octanol–water partition coefficient (Wildman–Crippen LogP) is 3.97. The summed E-state index contributed by atoms with van der Waals surface area (Å²) in [6.45, 7) is 0. The van der Waals surface area contributed by atoms with Gasteiger partial charge in [0.25, 0.3) is 0 Å². The van der Waals surface area contributed by atoms with Gasteiger partial charge in [-0.2, -0.15) is 0 Å². The summed E-state index contributed by atoms with van der Waals surface area (Å²) in [5.74, 6) is -0.776. The standard InChI is InChI=1S/C13H9BrFNO2S/c14-10-3-8(4-11(15)6-10)7-19-12-5-9(13(17)18)1-2-16-12/h1-6H,7H2,(H,17,18). The van der Waals surface area contributed by atoms with Crippen molar-refractivity contribution in [2.45, 2.75) is 10.8 Å². The molecule has 0 saturated carbocycles. The first kappa shape index (κ1) is 14.0. The number of carboxylic acids is 1. The molecule has 0 radical (unpaired) electrons. The molecule has 2 rings (SSSR count). The summed E-state index contributed by atoms with van der Waals surface area (Å²) in [5, 5.41) is 9.47. The molecule has 1 N–H and O–H groups in total. The fourth-order valence-electron chi connectivity index (χ4n) is 1.47. The normalized spacial score (nSPS) is 10.4. The molecule has 1 aromatic heterocycles. The maximum absolute atomic E-state index is 13.2. The van der Waals surface area contributed by atoms with E-state index in [-0.39, 0.29) is 11.4 Å². The number of carboxylic acid groups (broad SMARTS) is 1. The zero-order valence-corrected chi connectivity index (χ0v) is 12.0. The maximum Gasteiger partial charge on any atom is 0.335 e. The van der Waals surface area contributed by atoms with Crippen LogP contribution in [-0.4, -0.2) is 16.1 Å². The van der Waals surface area contributed by atoms with Gasteiger partial charge >= 0.3 is 5.97 Å². The fraction of sp³-hybridized carbons (Fsp3) is 0.0769. The van der Waals surface area contributed by atoms with Gasteiger partial charge in [-0.15, -0.1) is 11.8 Å². The highest BCUT2D eigenvalue weighted by molar-refractivity contribution is 9.10. The lowest BCUT2D eigenvalue weighted by Gasteiger charge is -2.03. The van der Waals surface area contributed by atoms with Gasteiger partial charge in [0.05, 0.1) is 10.6 Å². The highest BCUT2D eigenvalue weighted by atomic mass is 79.9. The molecule has 0 bridgehead atoms. The van der Waals surface area contributed by atoms with Crippen molar-refractivity contribution in [3.05, 3.63) is 57.9 Å². The Labute approximate surface area is 122 Å². The molecule has 0 fully saturated rings. The lowest BCUT2D eigenvalue weighted by Crippen LogP contribution is -1.96. The van der Waals surface area contributed by atoms with Crippen molar-refractivity contribution in [2.24, 2.45) is 0 Å². The summed E-state index contributed by atoms with van der Waals surface area (Å²) in [5.41, 5.74) is 0.998. The average Bonchev–Trinajstić information content (AvgIpc) is 2.35. The zero-order valence-electron chi connectivity index (χ0n) is 9.64. The van der Waals surface area contributed by atoms with Crippen molar-refractivity contribution in [2.75, 3.05) is 0 Å². The Morgan fingerprint density at radius 3 is 2.84 bits per heavy atom. The number of thioether (sulfide) groups is 1. The first-order valence-electron chi connectivity index (χ1n) is 5.32. The van der Waals surface area contributed by atoms with Gasteiger partial charge in [-0.1, -0.05) is 15.9 Å². The Bertz CT molecular complexity index is 601. The largest absolute Gasteiger partial charge is 0.478 e. The summed E-state index contributed by atoms with van der Waals surface area (Å²) < 4.78 is 13.9. The van der Waals surface area contributed by atoms with E-state index in [0.29, 0.717) is 15.3 Å². The van der Waals surface area contributed by atoms with Crippen LogP contribution < -0.4 is 0 Å². The van der Waals surface area contributed by atoms with Crippen LogP contribution in [-0.2, 0) is 5.75 Å². The van der Waals surface area contributed by atoms with E-state index in [1.165, 1.54) is 42.2 Å². The average molecular weight is 342 g/mol. The minimum atomic E-state index is -0.988. The maximum atomic E-state index is 13.2. The third-order valence-electron chi connectivity index (χ3n) is 2.29. The highest BCUT2D eigenvalue weighted by Gasteiger charge is 2.06. The number of nitrogens with zero attached hydrogens (tertiary/aromatic N) is 1. The second kappa shape index (κ2) is 6.16. The molecule has 1 aromatic carbocycles. The Morgan fingerprint density at radius 2 is 2.16 bits per heavy atom. The van der Waals surface area contributed by atoms with Crippen molar-refractivity contribution >= 4 is 33.7 Å². The molecule has 98 valence electrons. The molecule has 0 spiro atoms. The van der Waals surface area contributed by atoms with Gasteiger partial charge < -0.3 is 5.11 Å². The highest BCUT2D eigenvalue weighted by Crippen LogP contribution is 2.24. The van der Waals surface area contributed by atoms with E-state index in [9.17, 15) is 9.18 Å². The minimum Gasteiger partial charge on any atom is -0.478 e. The SMILES string of the molecule is O=C(O)c1ccnc(SCc2cc(F)cc(Br)c2)c1. The Hall–Kier alpha value is -1.40. The van der Waals surface area contributed by atoms with Crippen LogP contribution in [0, 0.1) is 5.82 Å². The van der Waals surface area contributed by atoms with Gasteiger partial charge in [0, 0.05) is 16.4 Å². The summed E-state index contributed by atoms with van der Waals surface area (Å²) >= 11 is 4.59. The molecule has 0 aliphatic carbocycles. The predicted molar refractivity (Wildman–Crippen MR) is 74.9 cm³/mol. The quantitative estimate of drug-likeness (QED) is 0.854. The van der Waals surface area contributed by atoms with Crippen molar-refractivity contribution in [3.63, 3.8) is 0 Å². The topological polar surface area (TPSA) is 50.2 Å². The Balaban J connectivity index is 2.10. The number of hydrogen-bond donors (Lipinski definition) is 1. The monoisotopic (exact) mass is 341 g/mol. The van der Waals surface area contributed by atoms with E-state index in [1.54, 1.807) is 0 Å².